The van der Waals surface area contributed by atoms with E-state index in [2.05, 4.69) is 5.32 Å². The van der Waals surface area contributed by atoms with Crippen LogP contribution in [0.5, 0.6) is 0 Å². The second-order valence-corrected chi connectivity index (χ2v) is 8.48. The standard InChI is InChI=1S/C22H21ClN2O3S/c23-16-6-3-5-15(11-16)12-20-22(27)25(18-8-1-2-9-19(18)29-20)14-21(26)24-13-17-7-4-10-28-17/h1-3,5-6,8-9,11-12,17H,4,7,10,13-14H2,(H,24,26)/b20-12-. The lowest BCUT2D eigenvalue weighted by molar-refractivity contribution is -0.122. The van der Waals surface area contributed by atoms with Gasteiger partial charge in [-0.05, 0) is 48.7 Å². The summed E-state index contributed by atoms with van der Waals surface area (Å²) in [4.78, 5) is 28.7. The van der Waals surface area contributed by atoms with Crippen LogP contribution in [0.3, 0.4) is 0 Å². The summed E-state index contributed by atoms with van der Waals surface area (Å²) in [6.07, 6.45) is 3.85. The second-order valence-electron chi connectivity index (χ2n) is 6.96. The fraction of sp³-hybridized carbons (Fsp3) is 0.273. The Kier molecular flexibility index (Phi) is 6.23. The fourth-order valence-corrected chi connectivity index (χ4v) is 4.66. The Morgan fingerprint density at radius 2 is 2.14 bits per heavy atom. The van der Waals surface area contributed by atoms with Gasteiger partial charge in [0.2, 0.25) is 5.91 Å². The normalized spacial score (nSPS) is 20.0. The van der Waals surface area contributed by atoms with E-state index in [0.717, 1.165) is 35.6 Å². The molecule has 29 heavy (non-hydrogen) atoms. The minimum atomic E-state index is -0.197. The van der Waals surface area contributed by atoms with Crippen LogP contribution in [-0.4, -0.2) is 37.6 Å². The van der Waals surface area contributed by atoms with Crippen LogP contribution in [0.2, 0.25) is 5.02 Å². The first-order valence-corrected chi connectivity index (χ1v) is 10.7. The van der Waals surface area contributed by atoms with Crippen molar-refractivity contribution in [1.82, 2.24) is 5.32 Å². The van der Waals surface area contributed by atoms with Gasteiger partial charge in [-0.25, -0.2) is 0 Å². The number of para-hydroxylation sites is 1. The van der Waals surface area contributed by atoms with Gasteiger partial charge in [0.1, 0.15) is 6.54 Å². The number of nitrogens with zero attached hydrogens (tertiary/aromatic N) is 1. The van der Waals surface area contributed by atoms with E-state index in [0.29, 0.717) is 16.5 Å². The van der Waals surface area contributed by atoms with Crippen LogP contribution in [0.4, 0.5) is 5.69 Å². The van der Waals surface area contributed by atoms with Crippen molar-refractivity contribution in [1.29, 1.82) is 0 Å². The van der Waals surface area contributed by atoms with E-state index >= 15 is 0 Å². The molecule has 0 bridgehead atoms. The van der Waals surface area contributed by atoms with Crippen molar-refractivity contribution < 1.29 is 14.3 Å². The largest absolute Gasteiger partial charge is 0.376 e. The number of carbonyl (C=O) groups excluding carboxylic acids is 2. The highest BCUT2D eigenvalue weighted by Crippen LogP contribution is 2.41. The summed E-state index contributed by atoms with van der Waals surface area (Å²) in [5.41, 5.74) is 1.59. The number of thioether (sulfide) groups is 1. The van der Waals surface area contributed by atoms with Gasteiger partial charge < -0.3 is 10.1 Å². The van der Waals surface area contributed by atoms with Crippen molar-refractivity contribution in [2.24, 2.45) is 0 Å². The quantitative estimate of drug-likeness (QED) is 0.728. The molecule has 2 heterocycles. The van der Waals surface area contributed by atoms with Gasteiger partial charge >= 0.3 is 0 Å². The zero-order chi connectivity index (χ0) is 20.2. The third-order valence-corrected chi connectivity index (χ3v) is 6.14. The van der Waals surface area contributed by atoms with Gasteiger partial charge in [-0.1, -0.05) is 47.6 Å². The molecule has 2 amide bonds. The fourth-order valence-electron chi connectivity index (χ4n) is 3.40. The van der Waals surface area contributed by atoms with Crippen molar-refractivity contribution >= 4 is 46.9 Å². The first-order chi connectivity index (χ1) is 14.1. The van der Waals surface area contributed by atoms with Crippen LogP contribution in [-0.2, 0) is 14.3 Å². The predicted molar refractivity (Wildman–Crippen MR) is 116 cm³/mol. The second kappa shape index (κ2) is 9.03. The molecule has 2 aliphatic heterocycles. The van der Waals surface area contributed by atoms with Gasteiger partial charge in [0.15, 0.2) is 0 Å². The maximum Gasteiger partial charge on any atom is 0.265 e. The lowest BCUT2D eigenvalue weighted by Crippen LogP contribution is -2.44. The highest BCUT2D eigenvalue weighted by molar-refractivity contribution is 8.04. The molecule has 4 rings (SSSR count). The van der Waals surface area contributed by atoms with Gasteiger partial charge in [-0.3, -0.25) is 14.5 Å². The van der Waals surface area contributed by atoms with Crippen molar-refractivity contribution in [3.8, 4) is 0 Å². The van der Waals surface area contributed by atoms with Crippen LogP contribution >= 0.6 is 23.4 Å². The first-order valence-electron chi connectivity index (χ1n) is 9.54. The molecular weight excluding hydrogens is 408 g/mol. The number of anilines is 1. The molecule has 1 fully saturated rings. The summed E-state index contributed by atoms with van der Waals surface area (Å²) in [7, 11) is 0. The highest BCUT2D eigenvalue weighted by Gasteiger charge is 2.30. The monoisotopic (exact) mass is 428 g/mol. The van der Waals surface area contributed by atoms with Gasteiger partial charge in [0, 0.05) is 23.1 Å². The van der Waals surface area contributed by atoms with E-state index in [-0.39, 0.29) is 24.5 Å². The van der Waals surface area contributed by atoms with E-state index in [1.165, 1.54) is 16.7 Å². The SMILES string of the molecule is O=C(CN1C(=O)/C(=C/c2cccc(Cl)c2)Sc2ccccc21)NCC1CCCO1. The van der Waals surface area contributed by atoms with Crippen LogP contribution in [0.1, 0.15) is 18.4 Å². The highest BCUT2D eigenvalue weighted by atomic mass is 35.5. The summed E-state index contributed by atoms with van der Waals surface area (Å²) >= 11 is 7.48. The smallest absolute Gasteiger partial charge is 0.265 e. The van der Waals surface area contributed by atoms with E-state index in [9.17, 15) is 9.59 Å². The molecule has 1 N–H and O–H groups in total. The molecule has 7 heteroatoms. The summed E-state index contributed by atoms with van der Waals surface area (Å²) in [5.74, 6) is -0.390. The van der Waals surface area contributed by atoms with Crippen molar-refractivity contribution in [3.63, 3.8) is 0 Å². The average molecular weight is 429 g/mol. The molecule has 2 aromatic carbocycles. The molecule has 0 aromatic heterocycles. The number of fused-ring (bicyclic) bond motifs is 1. The number of nitrogens with one attached hydrogen (secondary N) is 1. The molecule has 2 aromatic rings. The van der Waals surface area contributed by atoms with Gasteiger partial charge in [0.25, 0.3) is 5.91 Å². The Bertz CT molecular complexity index is 957. The van der Waals surface area contributed by atoms with Crippen LogP contribution in [0.15, 0.2) is 58.3 Å². The molecular formula is C22H21ClN2O3S. The lowest BCUT2D eigenvalue weighted by Gasteiger charge is -2.30. The predicted octanol–water partition coefficient (Wildman–Crippen LogP) is 4.12. The van der Waals surface area contributed by atoms with Gasteiger partial charge in [0.05, 0.1) is 16.7 Å². The van der Waals surface area contributed by atoms with Gasteiger partial charge in [-0.2, -0.15) is 0 Å². The molecule has 0 radical (unpaired) electrons. The molecule has 0 saturated carbocycles. The number of benzene rings is 2. The van der Waals surface area contributed by atoms with Crippen LogP contribution in [0, 0.1) is 0 Å². The Morgan fingerprint density at radius 3 is 2.93 bits per heavy atom. The van der Waals surface area contributed by atoms with E-state index < -0.39 is 0 Å². The van der Waals surface area contributed by atoms with E-state index in [1.807, 2.05) is 48.5 Å². The third kappa shape index (κ3) is 4.83. The minimum absolute atomic E-state index is 0.0317. The topological polar surface area (TPSA) is 58.6 Å². The van der Waals surface area contributed by atoms with Crippen LogP contribution in [0.25, 0.3) is 6.08 Å². The number of amides is 2. The molecule has 0 spiro atoms. The molecule has 1 atom stereocenters. The van der Waals surface area contributed by atoms with Crippen molar-refractivity contribution in [2.45, 2.75) is 23.8 Å². The van der Waals surface area contributed by atoms with Gasteiger partial charge in [-0.15, -0.1) is 0 Å². The molecule has 0 aliphatic carbocycles. The Morgan fingerprint density at radius 1 is 1.28 bits per heavy atom. The zero-order valence-corrected chi connectivity index (χ0v) is 17.3. The molecule has 5 nitrogen and oxygen atoms in total. The average Bonchev–Trinajstić information content (AvgIpc) is 3.23. The number of carbonyl (C=O) groups is 2. The van der Waals surface area contributed by atoms with Crippen LogP contribution < -0.4 is 10.2 Å². The molecule has 1 unspecified atom stereocenters. The minimum Gasteiger partial charge on any atom is -0.376 e. The first kappa shape index (κ1) is 20.0. The summed E-state index contributed by atoms with van der Waals surface area (Å²) in [6.45, 7) is 1.19. The van der Waals surface area contributed by atoms with E-state index in [4.69, 9.17) is 16.3 Å². The summed E-state index contributed by atoms with van der Waals surface area (Å²) in [5, 5.41) is 3.50. The number of ether oxygens (including phenoxy) is 1. The third-order valence-electron chi connectivity index (χ3n) is 4.83. The number of rotatable bonds is 5. The number of halogens is 1. The summed E-state index contributed by atoms with van der Waals surface area (Å²) in [6, 6.07) is 15.0. The maximum atomic E-state index is 13.2. The molecule has 150 valence electrons. The lowest BCUT2D eigenvalue weighted by atomic mass is 10.2. The summed E-state index contributed by atoms with van der Waals surface area (Å²) < 4.78 is 5.55. The maximum absolute atomic E-state index is 13.2. The van der Waals surface area contributed by atoms with E-state index in [1.54, 1.807) is 6.07 Å². The zero-order valence-electron chi connectivity index (χ0n) is 15.8. The van der Waals surface area contributed by atoms with Crippen molar-refractivity contribution in [3.05, 3.63) is 64.0 Å². The molecule has 2 aliphatic rings. The van der Waals surface area contributed by atoms with Crippen molar-refractivity contribution in [2.75, 3.05) is 24.6 Å². The Hall–Kier alpha value is -2.28. The Balaban J connectivity index is 1.54. The Labute approximate surface area is 179 Å². The number of hydrogen-bond donors (Lipinski definition) is 1. The number of hydrogen-bond acceptors (Lipinski definition) is 4. The molecule has 1 saturated heterocycles.